The third kappa shape index (κ3) is 2.23. The summed E-state index contributed by atoms with van der Waals surface area (Å²) in [6.45, 7) is 0.163. The summed E-state index contributed by atoms with van der Waals surface area (Å²) in [4.78, 5) is 12.4. The SMILES string of the molecule is O=C(Nc1cc2c(cc1Cl)OCO2)c1ccoc1C1CC1. The van der Waals surface area contributed by atoms with Crippen LogP contribution in [0.2, 0.25) is 5.02 Å². The molecule has 6 heteroatoms. The summed E-state index contributed by atoms with van der Waals surface area (Å²) in [7, 11) is 0. The summed E-state index contributed by atoms with van der Waals surface area (Å²) in [6.07, 6.45) is 3.68. The summed E-state index contributed by atoms with van der Waals surface area (Å²) in [5.41, 5.74) is 1.06. The molecule has 2 heterocycles. The van der Waals surface area contributed by atoms with Crippen molar-refractivity contribution in [3.8, 4) is 11.5 Å². The number of ether oxygens (including phenoxy) is 2. The molecular formula is C15H12ClNO4. The average Bonchev–Trinajstić information content (AvgIpc) is 3.01. The van der Waals surface area contributed by atoms with Crippen molar-refractivity contribution >= 4 is 23.2 Å². The van der Waals surface area contributed by atoms with Gasteiger partial charge in [0, 0.05) is 18.1 Å². The minimum absolute atomic E-state index is 0.163. The molecule has 1 aliphatic heterocycles. The van der Waals surface area contributed by atoms with Crippen molar-refractivity contribution < 1.29 is 18.7 Å². The number of carbonyl (C=O) groups excluding carboxylic acids is 1. The van der Waals surface area contributed by atoms with E-state index in [0.717, 1.165) is 18.6 Å². The molecule has 1 fully saturated rings. The summed E-state index contributed by atoms with van der Waals surface area (Å²) in [5.74, 6) is 2.05. The third-order valence-corrected chi connectivity index (χ3v) is 3.91. The maximum Gasteiger partial charge on any atom is 0.259 e. The second kappa shape index (κ2) is 4.70. The van der Waals surface area contributed by atoms with Gasteiger partial charge in [-0.3, -0.25) is 4.79 Å². The van der Waals surface area contributed by atoms with Crippen molar-refractivity contribution in [2.45, 2.75) is 18.8 Å². The van der Waals surface area contributed by atoms with Crippen molar-refractivity contribution in [3.63, 3.8) is 0 Å². The van der Waals surface area contributed by atoms with E-state index in [2.05, 4.69) is 5.32 Å². The Balaban J connectivity index is 1.61. The molecule has 21 heavy (non-hydrogen) atoms. The van der Waals surface area contributed by atoms with Gasteiger partial charge in [0.05, 0.1) is 22.5 Å². The van der Waals surface area contributed by atoms with Crippen LogP contribution in [0.3, 0.4) is 0 Å². The zero-order chi connectivity index (χ0) is 14.4. The molecule has 4 rings (SSSR count). The first kappa shape index (κ1) is 12.6. The zero-order valence-electron chi connectivity index (χ0n) is 11.0. The Hall–Kier alpha value is -2.14. The number of benzene rings is 1. The predicted octanol–water partition coefficient (Wildman–Crippen LogP) is 3.79. The Kier molecular flexibility index (Phi) is 2.82. The number of furan rings is 1. The molecule has 1 aliphatic carbocycles. The van der Waals surface area contributed by atoms with Crippen molar-refractivity contribution in [2.24, 2.45) is 0 Å². The van der Waals surface area contributed by atoms with Crippen LogP contribution < -0.4 is 14.8 Å². The van der Waals surface area contributed by atoms with Gasteiger partial charge in [-0.05, 0) is 18.9 Å². The highest BCUT2D eigenvalue weighted by Gasteiger charge is 2.31. The average molecular weight is 306 g/mol. The van der Waals surface area contributed by atoms with Gasteiger partial charge in [-0.25, -0.2) is 0 Å². The first-order valence-corrected chi connectivity index (χ1v) is 7.08. The highest BCUT2D eigenvalue weighted by atomic mass is 35.5. The number of amides is 1. The van der Waals surface area contributed by atoms with E-state index in [1.807, 2.05) is 0 Å². The number of fused-ring (bicyclic) bond motifs is 1. The van der Waals surface area contributed by atoms with Gasteiger partial charge in [0.2, 0.25) is 6.79 Å². The third-order valence-electron chi connectivity index (χ3n) is 3.60. The minimum Gasteiger partial charge on any atom is -0.468 e. The fourth-order valence-corrected chi connectivity index (χ4v) is 2.57. The number of halogens is 1. The van der Waals surface area contributed by atoms with Gasteiger partial charge in [0.25, 0.3) is 5.91 Å². The van der Waals surface area contributed by atoms with E-state index >= 15 is 0 Å². The summed E-state index contributed by atoms with van der Waals surface area (Å²) in [5, 5.41) is 3.21. The lowest BCUT2D eigenvalue weighted by Gasteiger charge is -2.08. The minimum atomic E-state index is -0.230. The number of anilines is 1. The van der Waals surface area contributed by atoms with Gasteiger partial charge in [0.1, 0.15) is 5.76 Å². The van der Waals surface area contributed by atoms with E-state index in [9.17, 15) is 4.79 Å². The Morgan fingerprint density at radius 3 is 2.76 bits per heavy atom. The Labute approximate surface area is 125 Å². The van der Waals surface area contributed by atoms with Gasteiger partial charge < -0.3 is 19.2 Å². The maximum absolute atomic E-state index is 12.4. The first-order valence-electron chi connectivity index (χ1n) is 6.70. The largest absolute Gasteiger partial charge is 0.468 e. The lowest BCUT2D eigenvalue weighted by molar-refractivity contribution is 0.102. The van der Waals surface area contributed by atoms with Crippen LogP contribution >= 0.6 is 11.6 Å². The van der Waals surface area contributed by atoms with Gasteiger partial charge in [-0.15, -0.1) is 0 Å². The van der Waals surface area contributed by atoms with E-state index in [-0.39, 0.29) is 12.7 Å². The van der Waals surface area contributed by atoms with Crippen LogP contribution in [0.15, 0.2) is 28.9 Å². The van der Waals surface area contributed by atoms with Crippen molar-refractivity contribution in [1.82, 2.24) is 0 Å². The van der Waals surface area contributed by atoms with Crippen LogP contribution in [-0.4, -0.2) is 12.7 Å². The molecule has 1 saturated carbocycles. The number of carbonyl (C=O) groups is 1. The van der Waals surface area contributed by atoms with Crippen LogP contribution in [0, 0.1) is 0 Å². The molecule has 5 nitrogen and oxygen atoms in total. The quantitative estimate of drug-likeness (QED) is 0.937. The molecule has 108 valence electrons. The van der Waals surface area contributed by atoms with Crippen molar-refractivity contribution in [3.05, 3.63) is 40.8 Å². The fraction of sp³-hybridized carbons (Fsp3) is 0.267. The molecule has 0 bridgehead atoms. The number of hydrogen-bond donors (Lipinski definition) is 1. The molecule has 0 unspecified atom stereocenters. The number of hydrogen-bond acceptors (Lipinski definition) is 4. The van der Waals surface area contributed by atoms with Crippen LogP contribution in [0.25, 0.3) is 0 Å². The molecule has 2 aliphatic rings. The van der Waals surface area contributed by atoms with Crippen molar-refractivity contribution in [1.29, 1.82) is 0 Å². The number of nitrogens with one attached hydrogen (secondary N) is 1. The van der Waals surface area contributed by atoms with Crippen LogP contribution in [0.1, 0.15) is 34.9 Å². The van der Waals surface area contributed by atoms with Gasteiger partial charge >= 0.3 is 0 Å². The molecule has 0 atom stereocenters. The summed E-state index contributed by atoms with van der Waals surface area (Å²) < 4.78 is 15.9. The Bertz CT molecular complexity index is 720. The normalized spacial score (nSPS) is 16.0. The zero-order valence-corrected chi connectivity index (χ0v) is 11.8. The Morgan fingerprint density at radius 1 is 1.24 bits per heavy atom. The van der Waals surface area contributed by atoms with Crippen LogP contribution in [-0.2, 0) is 0 Å². The summed E-state index contributed by atoms with van der Waals surface area (Å²) in [6, 6.07) is 4.99. The first-order chi connectivity index (χ1) is 10.2. The second-order valence-corrected chi connectivity index (χ2v) is 5.52. The Morgan fingerprint density at radius 2 is 2.00 bits per heavy atom. The molecule has 1 aromatic carbocycles. The van der Waals surface area contributed by atoms with Crippen LogP contribution in [0.4, 0.5) is 5.69 Å². The van der Waals surface area contributed by atoms with E-state index in [1.54, 1.807) is 24.5 Å². The smallest absolute Gasteiger partial charge is 0.259 e. The van der Waals surface area contributed by atoms with Gasteiger partial charge in [-0.1, -0.05) is 11.6 Å². The highest BCUT2D eigenvalue weighted by molar-refractivity contribution is 6.34. The fourth-order valence-electron chi connectivity index (χ4n) is 2.37. The maximum atomic E-state index is 12.4. The van der Waals surface area contributed by atoms with E-state index in [1.165, 1.54) is 0 Å². The molecule has 1 N–H and O–H groups in total. The predicted molar refractivity (Wildman–Crippen MR) is 76.2 cm³/mol. The lowest BCUT2D eigenvalue weighted by Crippen LogP contribution is -2.13. The van der Waals surface area contributed by atoms with E-state index < -0.39 is 0 Å². The molecular weight excluding hydrogens is 294 g/mol. The van der Waals surface area contributed by atoms with Gasteiger partial charge in [0.15, 0.2) is 11.5 Å². The van der Waals surface area contributed by atoms with Crippen molar-refractivity contribution in [2.75, 3.05) is 12.1 Å². The highest BCUT2D eigenvalue weighted by Crippen LogP contribution is 2.43. The second-order valence-electron chi connectivity index (χ2n) is 5.11. The molecule has 2 aromatic rings. The van der Waals surface area contributed by atoms with E-state index in [0.29, 0.717) is 33.7 Å². The van der Waals surface area contributed by atoms with E-state index in [4.69, 9.17) is 25.5 Å². The summed E-state index contributed by atoms with van der Waals surface area (Å²) >= 11 is 6.15. The molecule has 0 radical (unpaired) electrons. The van der Waals surface area contributed by atoms with Crippen LogP contribution in [0.5, 0.6) is 11.5 Å². The molecule has 1 amide bonds. The van der Waals surface area contributed by atoms with Gasteiger partial charge in [-0.2, -0.15) is 0 Å². The molecule has 0 spiro atoms. The molecule has 1 aromatic heterocycles. The standard InChI is InChI=1S/C15H12ClNO4/c16-10-5-12-13(21-7-20-12)6-11(10)17-15(18)9-3-4-19-14(9)8-1-2-8/h3-6,8H,1-2,7H2,(H,17,18). The molecule has 0 saturated heterocycles. The topological polar surface area (TPSA) is 60.7 Å². The lowest BCUT2D eigenvalue weighted by atomic mass is 10.1. The number of rotatable bonds is 3. The monoisotopic (exact) mass is 305 g/mol.